The van der Waals surface area contributed by atoms with E-state index in [0.717, 1.165) is 11.3 Å². The van der Waals surface area contributed by atoms with Crippen molar-refractivity contribution in [2.24, 2.45) is 0 Å². The number of rotatable bonds is 3. The predicted molar refractivity (Wildman–Crippen MR) is 74.3 cm³/mol. The van der Waals surface area contributed by atoms with E-state index in [9.17, 15) is 4.39 Å². The van der Waals surface area contributed by atoms with Crippen LogP contribution in [0, 0.1) is 5.82 Å². The van der Waals surface area contributed by atoms with Crippen molar-refractivity contribution in [1.29, 1.82) is 0 Å². The van der Waals surface area contributed by atoms with E-state index in [1.54, 1.807) is 18.2 Å². The Morgan fingerprint density at radius 3 is 2.67 bits per heavy atom. The van der Waals surface area contributed by atoms with Crippen LogP contribution in [0.25, 0.3) is 0 Å². The smallest absolute Gasteiger partial charge is 0.123 e. The van der Waals surface area contributed by atoms with Crippen LogP contribution in [0.1, 0.15) is 18.5 Å². The van der Waals surface area contributed by atoms with Crippen molar-refractivity contribution in [3.63, 3.8) is 0 Å². The Balaban J connectivity index is 2.18. The van der Waals surface area contributed by atoms with Crippen LogP contribution >= 0.6 is 11.6 Å². The van der Waals surface area contributed by atoms with Crippen molar-refractivity contribution in [2.45, 2.75) is 13.0 Å². The average molecular weight is 265 g/mol. The summed E-state index contributed by atoms with van der Waals surface area (Å²) in [7, 11) is 0. The highest BCUT2D eigenvalue weighted by Gasteiger charge is 2.08. The van der Waals surface area contributed by atoms with Crippen LogP contribution in [0.5, 0.6) is 0 Å². The van der Waals surface area contributed by atoms with E-state index in [2.05, 4.69) is 5.32 Å². The van der Waals surface area contributed by atoms with Gasteiger partial charge in [0.15, 0.2) is 0 Å². The van der Waals surface area contributed by atoms with Crippen LogP contribution < -0.4 is 11.1 Å². The molecule has 0 fully saturated rings. The van der Waals surface area contributed by atoms with Crippen molar-refractivity contribution < 1.29 is 4.39 Å². The fourth-order valence-electron chi connectivity index (χ4n) is 1.76. The maximum atomic E-state index is 13.1. The van der Waals surface area contributed by atoms with Gasteiger partial charge in [-0.3, -0.25) is 0 Å². The number of anilines is 2. The molecule has 0 aliphatic heterocycles. The van der Waals surface area contributed by atoms with Gasteiger partial charge in [-0.25, -0.2) is 4.39 Å². The van der Waals surface area contributed by atoms with Crippen LogP contribution in [-0.2, 0) is 0 Å². The van der Waals surface area contributed by atoms with E-state index >= 15 is 0 Å². The number of hydrogen-bond donors (Lipinski definition) is 2. The lowest BCUT2D eigenvalue weighted by atomic mass is 10.1. The predicted octanol–water partition coefficient (Wildman–Crippen LogP) is 4.23. The summed E-state index contributed by atoms with van der Waals surface area (Å²) in [6.07, 6.45) is 0. The Kier molecular flexibility index (Phi) is 3.72. The zero-order chi connectivity index (χ0) is 13.1. The Hall–Kier alpha value is -1.74. The quantitative estimate of drug-likeness (QED) is 0.814. The summed E-state index contributed by atoms with van der Waals surface area (Å²) >= 11 is 5.83. The monoisotopic (exact) mass is 264 g/mol. The third kappa shape index (κ3) is 2.93. The highest BCUT2D eigenvalue weighted by molar-refractivity contribution is 6.31. The van der Waals surface area contributed by atoms with Crippen molar-refractivity contribution in [3.8, 4) is 0 Å². The number of benzene rings is 2. The van der Waals surface area contributed by atoms with E-state index in [-0.39, 0.29) is 11.9 Å². The van der Waals surface area contributed by atoms with Crippen LogP contribution in [0.15, 0.2) is 42.5 Å². The second-order valence-corrected chi connectivity index (χ2v) is 4.59. The molecule has 0 radical (unpaired) electrons. The van der Waals surface area contributed by atoms with E-state index in [0.29, 0.717) is 10.7 Å². The molecular weight excluding hydrogens is 251 g/mol. The zero-order valence-corrected chi connectivity index (χ0v) is 10.7. The van der Waals surface area contributed by atoms with E-state index in [1.807, 2.05) is 19.1 Å². The van der Waals surface area contributed by atoms with Gasteiger partial charge in [0.1, 0.15) is 5.82 Å². The minimum atomic E-state index is -0.245. The Labute approximate surface area is 111 Å². The molecule has 0 amide bonds. The van der Waals surface area contributed by atoms with Gasteiger partial charge in [-0.2, -0.15) is 0 Å². The molecule has 0 bridgehead atoms. The molecule has 1 unspecified atom stereocenters. The summed E-state index contributed by atoms with van der Waals surface area (Å²) in [5.74, 6) is -0.245. The van der Waals surface area contributed by atoms with Crippen molar-refractivity contribution >= 4 is 23.0 Å². The molecule has 2 aromatic rings. The van der Waals surface area contributed by atoms with Crippen molar-refractivity contribution in [1.82, 2.24) is 0 Å². The van der Waals surface area contributed by atoms with Gasteiger partial charge in [0, 0.05) is 11.1 Å². The van der Waals surface area contributed by atoms with Crippen molar-refractivity contribution in [3.05, 3.63) is 58.9 Å². The lowest BCUT2D eigenvalue weighted by Crippen LogP contribution is -2.08. The summed E-state index contributed by atoms with van der Waals surface area (Å²) in [6, 6.07) is 11.7. The minimum Gasteiger partial charge on any atom is -0.397 e. The highest BCUT2D eigenvalue weighted by atomic mass is 35.5. The molecule has 94 valence electrons. The molecule has 18 heavy (non-hydrogen) atoms. The molecule has 2 rings (SSSR count). The average Bonchev–Trinajstić information content (AvgIpc) is 2.32. The van der Waals surface area contributed by atoms with Gasteiger partial charge in [-0.05, 0) is 42.8 Å². The lowest BCUT2D eigenvalue weighted by Gasteiger charge is -2.17. The SMILES string of the molecule is CC(Nc1ccc(Cl)cc1N)c1cccc(F)c1. The molecule has 0 aliphatic rings. The second-order valence-electron chi connectivity index (χ2n) is 4.15. The molecule has 4 heteroatoms. The molecule has 0 saturated carbocycles. The third-order valence-corrected chi connectivity index (χ3v) is 2.97. The van der Waals surface area contributed by atoms with E-state index < -0.39 is 0 Å². The van der Waals surface area contributed by atoms with Crippen LogP contribution in [0.2, 0.25) is 5.02 Å². The standard InChI is InChI=1S/C14H14ClFN2/c1-9(10-3-2-4-12(16)7-10)18-14-6-5-11(15)8-13(14)17/h2-9,18H,17H2,1H3. The number of halogens is 2. The summed E-state index contributed by atoms with van der Waals surface area (Å²) in [6.45, 7) is 1.95. The van der Waals surface area contributed by atoms with Gasteiger partial charge in [-0.15, -0.1) is 0 Å². The van der Waals surface area contributed by atoms with Gasteiger partial charge in [0.2, 0.25) is 0 Å². The Morgan fingerprint density at radius 2 is 2.00 bits per heavy atom. The first-order valence-electron chi connectivity index (χ1n) is 5.63. The summed E-state index contributed by atoms with van der Waals surface area (Å²) in [5, 5.41) is 3.82. The van der Waals surface area contributed by atoms with Gasteiger partial charge in [0.25, 0.3) is 0 Å². The number of nitrogens with one attached hydrogen (secondary N) is 1. The molecular formula is C14H14ClFN2. The van der Waals surface area contributed by atoms with Gasteiger partial charge in [-0.1, -0.05) is 23.7 Å². The molecule has 2 aromatic carbocycles. The molecule has 2 nitrogen and oxygen atoms in total. The molecule has 0 heterocycles. The molecule has 0 aromatic heterocycles. The normalized spacial score (nSPS) is 12.2. The first-order valence-corrected chi connectivity index (χ1v) is 6.01. The third-order valence-electron chi connectivity index (χ3n) is 2.73. The number of nitrogens with two attached hydrogens (primary N) is 1. The fraction of sp³-hybridized carbons (Fsp3) is 0.143. The lowest BCUT2D eigenvalue weighted by molar-refractivity contribution is 0.623. The molecule has 1 atom stereocenters. The molecule has 3 N–H and O–H groups in total. The summed E-state index contributed by atoms with van der Waals surface area (Å²) in [4.78, 5) is 0. The highest BCUT2D eigenvalue weighted by Crippen LogP contribution is 2.26. The maximum Gasteiger partial charge on any atom is 0.123 e. The molecule has 0 saturated heterocycles. The summed E-state index contributed by atoms with van der Waals surface area (Å²) in [5.41, 5.74) is 8.08. The van der Waals surface area contributed by atoms with Gasteiger partial charge < -0.3 is 11.1 Å². The molecule has 0 aliphatic carbocycles. The topological polar surface area (TPSA) is 38.0 Å². The molecule has 0 spiro atoms. The van der Waals surface area contributed by atoms with Crippen LogP contribution in [-0.4, -0.2) is 0 Å². The fourth-order valence-corrected chi connectivity index (χ4v) is 1.94. The van der Waals surface area contributed by atoms with Crippen molar-refractivity contribution in [2.75, 3.05) is 11.1 Å². The maximum absolute atomic E-state index is 13.1. The van der Waals surface area contributed by atoms with Gasteiger partial charge in [0.05, 0.1) is 11.4 Å². The second kappa shape index (κ2) is 5.27. The number of hydrogen-bond acceptors (Lipinski definition) is 2. The largest absolute Gasteiger partial charge is 0.397 e. The van der Waals surface area contributed by atoms with Crippen LogP contribution in [0.3, 0.4) is 0 Å². The van der Waals surface area contributed by atoms with E-state index in [4.69, 9.17) is 17.3 Å². The van der Waals surface area contributed by atoms with Gasteiger partial charge >= 0.3 is 0 Å². The summed E-state index contributed by atoms with van der Waals surface area (Å²) < 4.78 is 13.1. The first-order chi connectivity index (χ1) is 8.56. The number of nitrogen functional groups attached to an aromatic ring is 1. The van der Waals surface area contributed by atoms with Crippen LogP contribution in [0.4, 0.5) is 15.8 Å². The minimum absolute atomic E-state index is 0.0378. The first kappa shape index (κ1) is 12.7. The van der Waals surface area contributed by atoms with E-state index in [1.165, 1.54) is 12.1 Å². The Bertz CT molecular complexity index is 557. The zero-order valence-electron chi connectivity index (χ0n) is 9.95. The Morgan fingerprint density at radius 1 is 1.22 bits per heavy atom.